The highest BCUT2D eigenvalue weighted by Crippen LogP contribution is 2.61. The predicted octanol–water partition coefficient (Wildman–Crippen LogP) is 3.56. The van der Waals surface area contributed by atoms with Crippen LogP contribution in [0.1, 0.15) is 33.3 Å². The third-order valence-corrected chi connectivity index (χ3v) is 5.73. The topological polar surface area (TPSA) is 44.8 Å². The second-order valence-electron chi connectivity index (χ2n) is 6.53. The van der Waals surface area contributed by atoms with Crippen LogP contribution in [0.3, 0.4) is 0 Å². The fraction of sp³-hybridized carbons (Fsp3) is 0.529. The summed E-state index contributed by atoms with van der Waals surface area (Å²) in [5.41, 5.74) is 0.988. The molecule has 2 rings (SSSR count). The highest BCUT2D eigenvalue weighted by atomic mass is 31.2. The summed E-state index contributed by atoms with van der Waals surface area (Å²) in [6.07, 6.45) is 3.97. The summed E-state index contributed by atoms with van der Waals surface area (Å²) in [4.78, 5) is 13.2. The molecule has 0 aromatic heterocycles. The standard InChI is InChI=1S/C17H26NO3P/c1-5-9-15(2)18(12-16-10-7-6-8-11-16)22(19)20-13-17(3,4)14-21-22/h5-11,15H,12-14H2,1-4H3/b9-5+. The fourth-order valence-electron chi connectivity index (χ4n) is 2.34. The van der Waals surface area contributed by atoms with Gasteiger partial charge in [0.2, 0.25) is 0 Å². The molecule has 0 spiro atoms. The Morgan fingerprint density at radius 1 is 1.27 bits per heavy atom. The van der Waals surface area contributed by atoms with Crippen molar-refractivity contribution in [3.05, 3.63) is 48.0 Å². The first-order chi connectivity index (χ1) is 10.4. The summed E-state index contributed by atoms with van der Waals surface area (Å²) in [5.74, 6) is 0. The van der Waals surface area contributed by atoms with Gasteiger partial charge in [-0.3, -0.25) is 0 Å². The van der Waals surface area contributed by atoms with E-state index >= 15 is 0 Å². The maximum atomic E-state index is 13.2. The molecule has 0 N–H and O–H groups in total. The van der Waals surface area contributed by atoms with Crippen LogP contribution in [-0.4, -0.2) is 23.9 Å². The van der Waals surface area contributed by atoms with Crippen molar-refractivity contribution in [3.8, 4) is 0 Å². The second kappa shape index (κ2) is 7.20. The van der Waals surface area contributed by atoms with E-state index < -0.39 is 8.09 Å². The van der Waals surface area contributed by atoms with Gasteiger partial charge in [-0.15, -0.1) is 4.67 Å². The molecule has 0 bridgehead atoms. The molecule has 0 radical (unpaired) electrons. The van der Waals surface area contributed by atoms with Crippen molar-refractivity contribution in [1.29, 1.82) is 0 Å². The zero-order valence-corrected chi connectivity index (χ0v) is 14.8. The molecule has 1 saturated heterocycles. The van der Waals surface area contributed by atoms with Crippen LogP contribution in [0.15, 0.2) is 42.5 Å². The normalized spacial score (nSPS) is 22.1. The molecular formula is C17H26NO3P. The highest BCUT2D eigenvalue weighted by molar-refractivity contribution is 7.56. The highest BCUT2D eigenvalue weighted by Gasteiger charge is 2.48. The van der Waals surface area contributed by atoms with Gasteiger partial charge in [0.05, 0.1) is 12.6 Å². The summed E-state index contributed by atoms with van der Waals surface area (Å²) >= 11 is 0. The van der Waals surface area contributed by atoms with E-state index in [0.29, 0.717) is 19.8 Å². The van der Waals surface area contributed by atoms with E-state index in [1.165, 1.54) is 0 Å². The maximum Gasteiger partial charge on any atom is 0.315 e. The smallest absolute Gasteiger partial charge is 0.315 e. The molecular weight excluding hydrogens is 297 g/mol. The molecule has 0 amide bonds. The molecule has 1 atom stereocenters. The van der Waals surface area contributed by atoms with Crippen LogP contribution in [0, 0.1) is 5.41 Å². The van der Waals surface area contributed by atoms with E-state index in [-0.39, 0.29) is 11.5 Å². The zero-order valence-electron chi connectivity index (χ0n) is 13.9. The number of benzene rings is 1. The minimum absolute atomic E-state index is 0.0303. The molecule has 1 unspecified atom stereocenters. The average molecular weight is 323 g/mol. The minimum Gasteiger partial charge on any atom is -0.616 e. The number of rotatable bonds is 5. The third kappa shape index (κ3) is 4.37. The van der Waals surface area contributed by atoms with Crippen LogP contribution in [0.4, 0.5) is 0 Å². The van der Waals surface area contributed by atoms with Crippen LogP contribution in [-0.2, 0) is 15.6 Å². The van der Waals surface area contributed by atoms with Gasteiger partial charge in [0.15, 0.2) is 0 Å². The SMILES string of the molecule is C/C=C/C(C)N(Cc1ccccc1)[P+]1([O-])OCC(C)(C)CO1. The van der Waals surface area contributed by atoms with Crippen molar-refractivity contribution in [2.24, 2.45) is 5.41 Å². The van der Waals surface area contributed by atoms with E-state index in [9.17, 15) is 4.89 Å². The van der Waals surface area contributed by atoms with Crippen LogP contribution < -0.4 is 4.89 Å². The van der Waals surface area contributed by atoms with E-state index in [2.05, 4.69) is 0 Å². The van der Waals surface area contributed by atoms with Gasteiger partial charge in [0, 0.05) is 5.41 Å². The first-order valence-electron chi connectivity index (χ1n) is 7.69. The van der Waals surface area contributed by atoms with Gasteiger partial charge in [-0.05, 0) is 19.4 Å². The molecule has 1 aromatic carbocycles. The molecule has 1 fully saturated rings. The Kier molecular flexibility index (Phi) is 5.76. The van der Waals surface area contributed by atoms with Crippen molar-refractivity contribution >= 4 is 8.09 Å². The Hall–Kier alpha value is -0.770. The lowest BCUT2D eigenvalue weighted by Gasteiger charge is -2.44. The summed E-state index contributed by atoms with van der Waals surface area (Å²) in [5, 5.41) is 0. The molecule has 5 heteroatoms. The van der Waals surface area contributed by atoms with E-state index in [1.807, 2.05) is 74.8 Å². The molecule has 0 aliphatic carbocycles. The zero-order chi connectivity index (χ0) is 16.2. The second-order valence-corrected chi connectivity index (χ2v) is 8.50. The van der Waals surface area contributed by atoms with Crippen LogP contribution in [0.2, 0.25) is 0 Å². The van der Waals surface area contributed by atoms with Gasteiger partial charge >= 0.3 is 8.09 Å². The van der Waals surface area contributed by atoms with Crippen molar-refractivity contribution in [1.82, 2.24) is 4.67 Å². The van der Waals surface area contributed by atoms with Crippen LogP contribution in [0.5, 0.6) is 0 Å². The Labute approximate surface area is 134 Å². The molecule has 1 aliphatic rings. The Bertz CT molecular complexity index is 494. The van der Waals surface area contributed by atoms with Crippen molar-refractivity contribution < 1.29 is 13.9 Å². The van der Waals surface area contributed by atoms with Gasteiger partial charge in [-0.2, -0.15) is 9.05 Å². The number of hydrogen-bond acceptors (Lipinski definition) is 4. The maximum absolute atomic E-state index is 13.2. The van der Waals surface area contributed by atoms with Gasteiger partial charge in [0.25, 0.3) is 0 Å². The van der Waals surface area contributed by atoms with Gasteiger partial charge in [-0.25, -0.2) is 0 Å². The van der Waals surface area contributed by atoms with Crippen molar-refractivity contribution in [3.63, 3.8) is 0 Å². The third-order valence-electron chi connectivity index (χ3n) is 3.68. The molecule has 0 saturated carbocycles. The number of hydrogen-bond donors (Lipinski definition) is 0. The van der Waals surface area contributed by atoms with Gasteiger partial charge in [-0.1, -0.05) is 56.3 Å². The van der Waals surface area contributed by atoms with Crippen molar-refractivity contribution in [2.75, 3.05) is 13.2 Å². The monoisotopic (exact) mass is 323 g/mol. The molecule has 122 valence electrons. The molecule has 1 aromatic rings. The van der Waals surface area contributed by atoms with Gasteiger partial charge in [0.1, 0.15) is 13.2 Å². The van der Waals surface area contributed by atoms with E-state index in [0.717, 1.165) is 5.56 Å². The quantitative estimate of drug-likeness (QED) is 0.614. The Morgan fingerprint density at radius 2 is 1.86 bits per heavy atom. The lowest BCUT2D eigenvalue weighted by atomic mass is 9.97. The summed E-state index contributed by atoms with van der Waals surface area (Å²) in [6.45, 7) is 9.48. The van der Waals surface area contributed by atoms with Crippen LogP contribution in [0.25, 0.3) is 0 Å². The van der Waals surface area contributed by atoms with Gasteiger partial charge < -0.3 is 4.89 Å². The molecule has 4 nitrogen and oxygen atoms in total. The molecule has 1 aliphatic heterocycles. The minimum atomic E-state index is -3.27. The Balaban J connectivity index is 2.20. The first-order valence-corrected chi connectivity index (χ1v) is 9.19. The Morgan fingerprint density at radius 3 is 2.41 bits per heavy atom. The van der Waals surface area contributed by atoms with Crippen LogP contribution >= 0.6 is 8.09 Å². The lowest BCUT2D eigenvalue weighted by Crippen LogP contribution is -2.44. The summed E-state index contributed by atoms with van der Waals surface area (Å²) < 4.78 is 13.2. The van der Waals surface area contributed by atoms with E-state index in [4.69, 9.17) is 9.05 Å². The van der Waals surface area contributed by atoms with Crippen molar-refractivity contribution in [2.45, 2.75) is 40.3 Å². The molecule has 22 heavy (non-hydrogen) atoms. The largest absolute Gasteiger partial charge is 0.616 e. The predicted molar refractivity (Wildman–Crippen MR) is 88.9 cm³/mol. The number of allylic oxidation sites excluding steroid dienone is 1. The summed E-state index contributed by atoms with van der Waals surface area (Å²) in [7, 11) is -3.27. The average Bonchev–Trinajstić information content (AvgIpc) is 2.49. The first kappa shape index (κ1) is 17.6. The molecule has 1 heterocycles. The van der Waals surface area contributed by atoms with E-state index in [1.54, 1.807) is 0 Å². The fourth-order valence-corrected chi connectivity index (χ4v) is 4.60. The lowest BCUT2D eigenvalue weighted by molar-refractivity contribution is -0.251. The summed E-state index contributed by atoms with van der Waals surface area (Å²) in [6, 6.07) is 9.95. The number of nitrogens with zero attached hydrogens (tertiary/aromatic N) is 1.